The minimum Gasteiger partial charge on any atom is -0.466 e. The number of esters is 1. The molecule has 4 rings (SSSR count). The van der Waals surface area contributed by atoms with Crippen molar-refractivity contribution in [1.29, 1.82) is 0 Å². The molecule has 0 aromatic heterocycles. The van der Waals surface area contributed by atoms with Gasteiger partial charge in [0, 0.05) is 54.7 Å². The number of nitrogens with one attached hydrogen (secondary N) is 2. The van der Waals surface area contributed by atoms with E-state index < -0.39 is 12.0 Å². The molecule has 2 N–H and O–H groups in total. The lowest BCUT2D eigenvalue weighted by molar-refractivity contribution is -0.136. The molecule has 2 aromatic carbocycles. The van der Waals surface area contributed by atoms with Gasteiger partial charge in [-0.05, 0) is 48.9 Å². The number of urea groups is 1. The lowest BCUT2D eigenvalue weighted by Gasteiger charge is -2.38. The predicted octanol–water partition coefficient (Wildman–Crippen LogP) is 3.15. The lowest BCUT2D eigenvalue weighted by Crippen LogP contribution is -2.51. The van der Waals surface area contributed by atoms with E-state index in [1.54, 1.807) is 25.1 Å². The maximum absolute atomic E-state index is 12.8. The van der Waals surface area contributed by atoms with Crippen LogP contribution in [0.1, 0.15) is 28.9 Å². The monoisotopic (exact) mass is 482 g/mol. The summed E-state index contributed by atoms with van der Waals surface area (Å²) in [6, 6.07) is 13.7. The molecule has 2 aliphatic heterocycles. The van der Waals surface area contributed by atoms with E-state index in [-0.39, 0.29) is 11.8 Å². The first-order valence-corrected chi connectivity index (χ1v) is 11.5. The first-order chi connectivity index (χ1) is 16.4. The molecule has 1 saturated heterocycles. The number of hydrogen-bond donors (Lipinski definition) is 2. The second kappa shape index (κ2) is 10.3. The molecule has 0 spiro atoms. The van der Waals surface area contributed by atoms with E-state index in [0.29, 0.717) is 34.0 Å². The largest absolute Gasteiger partial charge is 0.466 e. The molecule has 2 aliphatic rings. The van der Waals surface area contributed by atoms with E-state index in [9.17, 15) is 14.4 Å². The summed E-state index contributed by atoms with van der Waals surface area (Å²) in [6.07, 6.45) is 0. The molecule has 0 saturated carbocycles. The maximum Gasteiger partial charge on any atom is 0.338 e. The number of halogens is 1. The van der Waals surface area contributed by atoms with Gasteiger partial charge in [0.2, 0.25) is 0 Å². The van der Waals surface area contributed by atoms with Crippen molar-refractivity contribution in [3.05, 3.63) is 76.0 Å². The molecular weight excluding hydrogens is 456 g/mol. The summed E-state index contributed by atoms with van der Waals surface area (Å²) in [5, 5.41) is 6.14. The zero-order valence-corrected chi connectivity index (χ0v) is 19.9. The van der Waals surface area contributed by atoms with Crippen molar-refractivity contribution in [2.75, 3.05) is 44.7 Å². The fourth-order valence-corrected chi connectivity index (χ4v) is 4.52. The highest BCUT2D eigenvalue weighted by Crippen LogP contribution is 2.29. The van der Waals surface area contributed by atoms with E-state index in [2.05, 4.69) is 20.4 Å². The minimum atomic E-state index is -0.657. The maximum atomic E-state index is 12.8. The topological polar surface area (TPSA) is 91.0 Å². The molecule has 1 fully saturated rings. The van der Waals surface area contributed by atoms with Crippen LogP contribution in [-0.4, -0.2) is 62.5 Å². The number of hydrogen-bond acceptors (Lipinski definition) is 6. The fourth-order valence-electron chi connectivity index (χ4n) is 4.32. The van der Waals surface area contributed by atoms with Gasteiger partial charge in [-0.15, -0.1) is 0 Å². The second-order valence-corrected chi connectivity index (χ2v) is 8.77. The van der Waals surface area contributed by atoms with E-state index in [0.717, 1.165) is 31.9 Å². The minimum absolute atomic E-state index is 0.0474. The summed E-state index contributed by atoms with van der Waals surface area (Å²) < 4.78 is 5.06. The number of methoxy groups -OCH3 is 1. The smallest absolute Gasteiger partial charge is 0.338 e. The Morgan fingerprint density at radius 1 is 1.09 bits per heavy atom. The Morgan fingerprint density at radius 2 is 1.79 bits per heavy atom. The van der Waals surface area contributed by atoms with Gasteiger partial charge in [-0.2, -0.15) is 0 Å². The molecule has 1 atom stereocenters. The number of amides is 2. The number of carbonyl (C=O) groups is 3. The first-order valence-electron chi connectivity index (χ1n) is 11.1. The third-order valence-electron chi connectivity index (χ3n) is 6.13. The Bertz CT molecular complexity index is 1120. The van der Waals surface area contributed by atoms with E-state index in [1.807, 2.05) is 30.3 Å². The molecule has 0 bridgehead atoms. The van der Waals surface area contributed by atoms with Gasteiger partial charge in [0.25, 0.3) is 0 Å². The summed E-state index contributed by atoms with van der Waals surface area (Å²) in [6.45, 7) is 5.02. The van der Waals surface area contributed by atoms with E-state index >= 15 is 0 Å². The highest BCUT2D eigenvalue weighted by atomic mass is 35.5. The molecule has 0 aliphatic carbocycles. The fraction of sp³-hybridized carbons (Fsp3) is 0.320. The van der Waals surface area contributed by atoms with E-state index in [1.165, 1.54) is 7.11 Å². The van der Waals surface area contributed by atoms with Crippen LogP contribution in [0.25, 0.3) is 0 Å². The highest BCUT2D eigenvalue weighted by molar-refractivity contribution is 6.30. The number of ether oxygens (including phenoxy) is 1. The van der Waals surface area contributed by atoms with E-state index in [4.69, 9.17) is 16.3 Å². The van der Waals surface area contributed by atoms with Crippen LogP contribution >= 0.6 is 11.6 Å². The number of rotatable bonds is 6. The average molecular weight is 483 g/mol. The third kappa shape index (κ3) is 5.24. The summed E-state index contributed by atoms with van der Waals surface area (Å²) >= 11 is 6.15. The van der Waals surface area contributed by atoms with Crippen LogP contribution < -0.4 is 15.5 Å². The van der Waals surface area contributed by atoms with Gasteiger partial charge in [-0.3, -0.25) is 9.69 Å². The van der Waals surface area contributed by atoms with Gasteiger partial charge >= 0.3 is 12.0 Å². The molecule has 178 valence electrons. The predicted molar refractivity (Wildman–Crippen MR) is 130 cm³/mol. The van der Waals surface area contributed by atoms with Crippen molar-refractivity contribution >= 4 is 35.1 Å². The normalized spacial score (nSPS) is 18.9. The third-order valence-corrected chi connectivity index (χ3v) is 6.37. The van der Waals surface area contributed by atoms with Crippen LogP contribution in [0.5, 0.6) is 0 Å². The lowest BCUT2D eigenvalue weighted by atomic mass is 9.95. The summed E-state index contributed by atoms with van der Waals surface area (Å²) in [5.74, 6) is -0.456. The summed E-state index contributed by atoms with van der Waals surface area (Å²) in [5.41, 5.74) is 3.36. The van der Waals surface area contributed by atoms with Crippen LogP contribution in [0.15, 0.2) is 59.8 Å². The first kappa shape index (κ1) is 23.8. The van der Waals surface area contributed by atoms with Crippen LogP contribution in [0.2, 0.25) is 5.02 Å². The van der Waals surface area contributed by atoms with Crippen LogP contribution in [0, 0.1) is 0 Å². The van der Waals surface area contributed by atoms with Crippen molar-refractivity contribution in [1.82, 2.24) is 15.5 Å². The molecular formula is C25H27ClN4O4. The molecule has 1 unspecified atom stereocenters. The average Bonchev–Trinajstić information content (AvgIpc) is 2.84. The number of anilines is 1. The number of piperazine rings is 1. The van der Waals surface area contributed by atoms with Gasteiger partial charge in [-0.25, -0.2) is 9.59 Å². The van der Waals surface area contributed by atoms with Gasteiger partial charge in [0.1, 0.15) is 0 Å². The van der Waals surface area contributed by atoms with Crippen LogP contribution in [0.4, 0.5) is 10.5 Å². The number of ketones is 1. The number of Topliss-reactive ketones (excluding diaryl/α,β-unsaturated/α-hetero) is 1. The molecule has 2 aromatic rings. The Balaban J connectivity index is 1.51. The van der Waals surface area contributed by atoms with Crippen molar-refractivity contribution < 1.29 is 19.1 Å². The van der Waals surface area contributed by atoms with Crippen LogP contribution in [0.3, 0.4) is 0 Å². The van der Waals surface area contributed by atoms with Crippen molar-refractivity contribution in [3.63, 3.8) is 0 Å². The molecule has 0 radical (unpaired) electrons. The Morgan fingerprint density at radius 3 is 2.41 bits per heavy atom. The van der Waals surface area contributed by atoms with Gasteiger partial charge in [-0.1, -0.05) is 23.7 Å². The van der Waals surface area contributed by atoms with Crippen molar-refractivity contribution in [2.45, 2.75) is 13.0 Å². The standard InChI is InChI=1S/C25H27ClN4O4/c1-16(31)17-6-8-20(9-7-17)30-12-10-29(11-13-30)15-21-22(24(32)34-2)23(28-25(33)27-21)18-4-3-5-19(26)14-18/h3-9,14,23H,10-13,15H2,1-2H3,(H2,27,28,33). The molecule has 2 amide bonds. The van der Waals surface area contributed by atoms with Crippen molar-refractivity contribution in [2.24, 2.45) is 0 Å². The molecule has 2 heterocycles. The van der Waals surface area contributed by atoms with Gasteiger partial charge in [0.05, 0.1) is 18.7 Å². The highest BCUT2D eigenvalue weighted by Gasteiger charge is 2.34. The zero-order valence-electron chi connectivity index (χ0n) is 19.1. The number of benzene rings is 2. The number of nitrogens with zero attached hydrogens (tertiary/aromatic N) is 2. The number of carbonyl (C=O) groups excluding carboxylic acids is 3. The SMILES string of the molecule is COC(=O)C1=C(CN2CCN(c3ccc(C(C)=O)cc3)CC2)NC(=O)NC1c1cccc(Cl)c1. The van der Waals surface area contributed by atoms with Gasteiger partial charge < -0.3 is 20.3 Å². The van der Waals surface area contributed by atoms with Gasteiger partial charge in [0.15, 0.2) is 5.78 Å². The summed E-state index contributed by atoms with van der Waals surface area (Å²) in [7, 11) is 1.33. The second-order valence-electron chi connectivity index (χ2n) is 8.34. The Labute approximate surface area is 203 Å². The van der Waals surface area contributed by atoms with Crippen LogP contribution in [-0.2, 0) is 9.53 Å². The van der Waals surface area contributed by atoms with Crippen molar-refractivity contribution in [3.8, 4) is 0 Å². The molecule has 9 heteroatoms. The summed E-state index contributed by atoms with van der Waals surface area (Å²) in [4.78, 5) is 41.2. The molecule has 34 heavy (non-hydrogen) atoms. The Kier molecular flexibility index (Phi) is 7.19. The quantitative estimate of drug-likeness (QED) is 0.485. The zero-order chi connectivity index (χ0) is 24.2. The Hall–Kier alpha value is -3.36. The molecule has 8 nitrogen and oxygen atoms in total.